The first-order valence-corrected chi connectivity index (χ1v) is 12.4. The van der Waals surface area contributed by atoms with Gasteiger partial charge in [-0.3, -0.25) is 9.59 Å². The summed E-state index contributed by atoms with van der Waals surface area (Å²) in [5.41, 5.74) is 6.43. The van der Waals surface area contributed by atoms with Crippen LogP contribution in [0.4, 0.5) is 0 Å². The molecule has 0 saturated heterocycles. The Morgan fingerprint density at radius 1 is 0.771 bits per heavy atom. The lowest BCUT2D eigenvalue weighted by atomic mass is 10.00. The van der Waals surface area contributed by atoms with Gasteiger partial charge in [-0.15, -0.1) is 0 Å². The fourth-order valence-corrected chi connectivity index (χ4v) is 4.43. The Bertz CT molecular complexity index is 1120. The third-order valence-corrected chi connectivity index (χ3v) is 6.03. The van der Waals surface area contributed by atoms with Crippen molar-refractivity contribution in [1.29, 1.82) is 0 Å². The average molecular weight is 471 g/mol. The summed E-state index contributed by atoms with van der Waals surface area (Å²) in [4.78, 5) is 29.1. The van der Waals surface area contributed by atoms with E-state index in [0.29, 0.717) is 25.4 Å². The normalized spacial score (nSPS) is 11.8. The van der Waals surface area contributed by atoms with Crippen molar-refractivity contribution >= 4 is 11.8 Å². The van der Waals surface area contributed by atoms with E-state index in [2.05, 4.69) is 43.4 Å². The van der Waals surface area contributed by atoms with E-state index in [9.17, 15) is 9.59 Å². The van der Waals surface area contributed by atoms with Crippen LogP contribution in [0.5, 0.6) is 0 Å². The summed E-state index contributed by atoms with van der Waals surface area (Å²) in [5.74, 6) is 0.175. The van der Waals surface area contributed by atoms with Gasteiger partial charge >= 0.3 is 0 Å². The minimum Gasteiger partial charge on any atom is -0.354 e. The molecule has 1 unspecified atom stereocenters. The lowest BCUT2D eigenvalue weighted by molar-refractivity contribution is -0.140. The van der Waals surface area contributed by atoms with E-state index in [1.807, 2.05) is 69.3 Å². The third-order valence-electron chi connectivity index (χ3n) is 6.03. The van der Waals surface area contributed by atoms with Gasteiger partial charge in [-0.2, -0.15) is 0 Å². The summed E-state index contributed by atoms with van der Waals surface area (Å²) >= 11 is 0. The van der Waals surface area contributed by atoms with Crippen LogP contribution in [0.3, 0.4) is 0 Å². The van der Waals surface area contributed by atoms with Crippen LogP contribution in [0.1, 0.15) is 47.2 Å². The molecular weight excluding hydrogens is 432 g/mol. The number of rotatable bonds is 10. The Hall–Kier alpha value is -3.40. The van der Waals surface area contributed by atoms with Gasteiger partial charge in [-0.1, -0.05) is 103 Å². The molecular formula is C31H38N2O2. The number of carbonyl (C=O) groups excluding carboxylic acids is 2. The van der Waals surface area contributed by atoms with Crippen molar-refractivity contribution < 1.29 is 9.59 Å². The van der Waals surface area contributed by atoms with Gasteiger partial charge in [0, 0.05) is 19.5 Å². The maximum Gasteiger partial charge on any atom is 0.243 e. The molecule has 0 radical (unpaired) electrons. The lowest BCUT2D eigenvalue weighted by Gasteiger charge is -2.32. The molecule has 1 atom stereocenters. The van der Waals surface area contributed by atoms with Crippen LogP contribution >= 0.6 is 0 Å². The molecule has 0 aliphatic heterocycles. The van der Waals surface area contributed by atoms with Crippen LogP contribution in [0, 0.1) is 26.7 Å². The molecule has 3 aromatic carbocycles. The van der Waals surface area contributed by atoms with Gasteiger partial charge in [0.2, 0.25) is 11.8 Å². The molecule has 3 aromatic rings. The van der Waals surface area contributed by atoms with Crippen LogP contribution in [-0.2, 0) is 29.0 Å². The van der Waals surface area contributed by atoms with Crippen molar-refractivity contribution in [2.75, 3.05) is 6.54 Å². The highest BCUT2D eigenvalue weighted by molar-refractivity contribution is 5.88. The van der Waals surface area contributed by atoms with E-state index in [-0.39, 0.29) is 18.2 Å². The Morgan fingerprint density at radius 2 is 1.40 bits per heavy atom. The second kappa shape index (κ2) is 12.3. The number of benzene rings is 3. The number of hydrogen-bond donors (Lipinski definition) is 1. The first kappa shape index (κ1) is 26.2. The fraction of sp³-hybridized carbons (Fsp3) is 0.355. The number of nitrogens with one attached hydrogen (secondary N) is 1. The summed E-state index contributed by atoms with van der Waals surface area (Å²) < 4.78 is 0. The predicted molar refractivity (Wildman–Crippen MR) is 143 cm³/mol. The maximum absolute atomic E-state index is 13.8. The second-order valence-corrected chi connectivity index (χ2v) is 10.0. The average Bonchev–Trinajstić information content (AvgIpc) is 2.79. The van der Waals surface area contributed by atoms with Crippen molar-refractivity contribution in [1.82, 2.24) is 10.2 Å². The minimum atomic E-state index is -0.602. The van der Waals surface area contributed by atoms with Gasteiger partial charge in [-0.05, 0) is 43.4 Å². The topological polar surface area (TPSA) is 49.4 Å². The molecule has 0 aliphatic carbocycles. The Labute approximate surface area is 210 Å². The lowest BCUT2D eigenvalue weighted by Crippen LogP contribution is -2.51. The maximum atomic E-state index is 13.8. The molecule has 0 heterocycles. The van der Waals surface area contributed by atoms with E-state index in [1.54, 1.807) is 4.90 Å². The first-order chi connectivity index (χ1) is 16.7. The third kappa shape index (κ3) is 8.10. The monoisotopic (exact) mass is 470 g/mol. The van der Waals surface area contributed by atoms with E-state index >= 15 is 0 Å². The van der Waals surface area contributed by atoms with Crippen molar-refractivity contribution in [3.8, 4) is 0 Å². The van der Waals surface area contributed by atoms with Gasteiger partial charge in [0.15, 0.2) is 0 Å². The molecule has 0 fully saturated rings. The molecule has 0 spiro atoms. The molecule has 0 aromatic heterocycles. The van der Waals surface area contributed by atoms with E-state index in [4.69, 9.17) is 0 Å². The smallest absolute Gasteiger partial charge is 0.243 e. The van der Waals surface area contributed by atoms with Crippen LogP contribution in [0.25, 0.3) is 0 Å². The molecule has 0 saturated carbocycles. The molecule has 184 valence electrons. The van der Waals surface area contributed by atoms with Gasteiger partial charge in [0.05, 0.1) is 6.42 Å². The highest BCUT2D eigenvalue weighted by Crippen LogP contribution is 2.18. The Balaban J connectivity index is 1.97. The molecule has 1 N–H and O–H groups in total. The van der Waals surface area contributed by atoms with E-state index in [1.165, 1.54) is 0 Å². The number of amides is 2. The van der Waals surface area contributed by atoms with Crippen molar-refractivity contribution in [2.45, 2.75) is 60.0 Å². The van der Waals surface area contributed by atoms with Crippen LogP contribution in [0.15, 0.2) is 72.8 Å². The molecule has 4 heteroatoms. The zero-order chi connectivity index (χ0) is 25.4. The zero-order valence-corrected chi connectivity index (χ0v) is 21.7. The van der Waals surface area contributed by atoms with Crippen LogP contribution in [0.2, 0.25) is 0 Å². The Kier molecular flexibility index (Phi) is 9.25. The molecule has 2 amide bonds. The summed E-state index contributed by atoms with van der Waals surface area (Å²) in [6, 6.07) is 23.7. The Morgan fingerprint density at radius 3 is 2.03 bits per heavy atom. The standard InChI is InChI=1S/C31H38N2O2/c1-22(2)20-32-31(35)29(18-26-11-7-6-8-12-26)33(21-27-13-9-10-23(3)15-27)30(34)19-28-16-24(4)14-25(5)17-28/h6-17,22,29H,18-21H2,1-5H3,(H,32,35). The molecule has 35 heavy (non-hydrogen) atoms. The van der Waals surface area contributed by atoms with E-state index in [0.717, 1.165) is 33.4 Å². The van der Waals surface area contributed by atoms with Gasteiger partial charge in [-0.25, -0.2) is 0 Å². The summed E-state index contributed by atoms with van der Waals surface area (Å²) in [6.07, 6.45) is 0.728. The first-order valence-electron chi connectivity index (χ1n) is 12.4. The van der Waals surface area contributed by atoms with Gasteiger partial charge in [0.1, 0.15) is 6.04 Å². The second-order valence-electron chi connectivity index (χ2n) is 10.0. The molecule has 0 bridgehead atoms. The van der Waals surface area contributed by atoms with Crippen LogP contribution in [-0.4, -0.2) is 29.3 Å². The number of nitrogens with zero attached hydrogens (tertiary/aromatic N) is 1. The summed E-state index contributed by atoms with van der Waals surface area (Å²) in [6.45, 7) is 11.2. The summed E-state index contributed by atoms with van der Waals surface area (Å²) in [5, 5.41) is 3.08. The highest BCUT2D eigenvalue weighted by atomic mass is 16.2. The predicted octanol–water partition coefficient (Wildman–Crippen LogP) is 5.57. The van der Waals surface area contributed by atoms with Crippen molar-refractivity contribution in [2.24, 2.45) is 5.92 Å². The van der Waals surface area contributed by atoms with Crippen molar-refractivity contribution in [3.05, 3.63) is 106 Å². The highest BCUT2D eigenvalue weighted by Gasteiger charge is 2.30. The minimum absolute atomic E-state index is 0.0443. The number of hydrogen-bond acceptors (Lipinski definition) is 2. The zero-order valence-electron chi connectivity index (χ0n) is 21.7. The molecule has 4 nitrogen and oxygen atoms in total. The summed E-state index contributed by atoms with van der Waals surface area (Å²) in [7, 11) is 0. The SMILES string of the molecule is Cc1cc(C)cc(CC(=O)N(Cc2cccc(C)c2)C(Cc2ccccc2)C(=O)NCC(C)C)c1. The largest absolute Gasteiger partial charge is 0.354 e. The van der Waals surface area contributed by atoms with Gasteiger partial charge < -0.3 is 10.2 Å². The quantitative estimate of drug-likeness (QED) is 0.421. The van der Waals surface area contributed by atoms with Crippen molar-refractivity contribution in [3.63, 3.8) is 0 Å². The number of aryl methyl sites for hydroxylation is 3. The van der Waals surface area contributed by atoms with E-state index < -0.39 is 6.04 Å². The molecule has 0 aliphatic rings. The van der Waals surface area contributed by atoms with Gasteiger partial charge in [0.25, 0.3) is 0 Å². The van der Waals surface area contributed by atoms with Crippen LogP contribution < -0.4 is 5.32 Å². The number of carbonyl (C=O) groups is 2. The molecule has 3 rings (SSSR count). The fourth-order valence-electron chi connectivity index (χ4n) is 4.43.